The van der Waals surface area contributed by atoms with Gasteiger partial charge in [0.25, 0.3) is 0 Å². The predicted octanol–water partition coefficient (Wildman–Crippen LogP) is 3.46. The number of hydrogen-bond donors (Lipinski definition) is 1. The Bertz CT molecular complexity index is 732. The summed E-state index contributed by atoms with van der Waals surface area (Å²) in [5.74, 6) is 0.575. The van der Waals surface area contributed by atoms with Gasteiger partial charge in [0.1, 0.15) is 6.54 Å². The van der Waals surface area contributed by atoms with E-state index in [2.05, 4.69) is 12.2 Å². The molecule has 1 heterocycles. The maximum atomic E-state index is 12.5. The lowest BCUT2D eigenvalue weighted by Crippen LogP contribution is -2.42. The molecular weight excluding hydrogens is 288 g/mol. The molecule has 2 unspecified atom stereocenters. The lowest BCUT2D eigenvalue weighted by atomic mass is 9.86. The molecule has 2 atom stereocenters. The van der Waals surface area contributed by atoms with Gasteiger partial charge in [0, 0.05) is 28.2 Å². The molecule has 122 valence electrons. The molecule has 1 N–H and O–H groups in total. The molecule has 1 aliphatic carbocycles. The van der Waals surface area contributed by atoms with Gasteiger partial charge in [0.15, 0.2) is 6.29 Å². The first-order valence-corrected chi connectivity index (χ1v) is 8.44. The van der Waals surface area contributed by atoms with Crippen LogP contribution in [0.25, 0.3) is 10.9 Å². The maximum absolute atomic E-state index is 12.5. The Labute approximate surface area is 136 Å². The Morgan fingerprint density at radius 2 is 2.04 bits per heavy atom. The van der Waals surface area contributed by atoms with Crippen molar-refractivity contribution in [1.29, 1.82) is 0 Å². The average Bonchev–Trinajstić information content (AvgIpc) is 2.81. The van der Waals surface area contributed by atoms with Crippen LogP contribution in [0.4, 0.5) is 0 Å². The van der Waals surface area contributed by atoms with E-state index in [9.17, 15) is 9.59 Å². The molecule has 4 nitrogen and oxygen atoms in total. The summed E-state index contributed by atoms with van der Waals surface area (Å²) < 4.78 is 1.95. The van der Waals surface area contributed by atoms with Crippen molar-refractivity contribution in [2.24, 2.45) is 5.92 Å². The number of nitrogens with zero attached hydrogens (tertiary/aromatic N) is 1. The van der Waals surface area contributed by atoms with Gasteiger partial charge in [-0.25, -0.2) is 0 Å². The quantitative estimate of drug-likeness (QED) is 0.879. The van der Waals surface area contributed by atoms with Crippen molar-refractivity contribution in [1.82, 2.24) is 9.88 Å². The second-order valence-electron chi connectivity index (χ2n) is 6.66. The van der Waals surface area contributed by atoms with Gasteiger partial charge in [-0.05, 0) is 31.7 Å². The summed E-state index contributed by atoms with van der Waals surface area (Å²) >= 11 is 0. The van der Waals surface area contributed by atoms with Gasteiger partial charge in [-0.3, -0.25) is 9.59 Å². The van der Waals surface area contributed by atoms with Crippen molar-refractivity contribution in [3.8, 4) is 0 Å². The monoisotopic (exact) mass is 312 g/mol. The third-order valence-electron chi connectivity index (χ3n) is 5.16. The normalized spacial score (nSPS) is 21.3. The average molecular weight is 312 g/mol. The summed E-state index contributed by atoms with van der Waals surface area (Å²) in [6.45, 7) is 4.38. The number of fused-ring (bicyclic) bond motifs is 1. The molecule has 1 aromatic carbocycles. The number of amides is 1. The lowest BCUT2D eigenvalue weighted by Gasteiger charge is -2.29. The third-order valence-corrected chi connectivity index (χ3v) is 5.16. The van der Waals surface area contributed by atoms with Crippen LogP contribution >= 0.6 is 0 Å². The second-order valence-corrected chi connectivity index (χ2v) is 6.66. The van der Waals surface area contributed by atoms with Gasteiger partial charge >= 0.3 is 0 Å². The Morgan fingerprint density at radius 1 is 1.30 bits per heavy atom. The van der Waals surface area contributed by atoms with E-state index < -0.39 is 0 Å². The van der Waals surface area contributed by atoms with Crippen LogP contribution in [0.15, 0.2) is 24.3 Å². The largest absolute Gasteiger partial charge is 0.352 e. The molecule has 1 aliphatic rings. The van der Waals surface area contributed by atoms with Crippen LogP contribution in [0.5, 0.6) is 0 Å². The maximum Gasteiger partial charge on any atom is 0.240 e. The number of carbonyl (C=O) groups is 2. The molecule has 4 heteroatoms. The van der Waals surface area contributed by atoms with Gasteiger partial charge in [-0.2, -0.15) is 0 Å². The zero-order valence-electron chi connectivity index (χ0n) is 13.8. The van der Waals surface area contributed by atoms with Crippen molar-refractivity contribution < 1.29 is 9.59 Å². The Hall–Kier alpha value is -2.10. The molecule has 0 saturated heterocycles. The zero-order chi connectivity index (χ0) is 16.4. The van der Waals surface area contributed by atoms with E-state index in [1.54, 1.807) is 0 Å². The molecular formula is C19H24N2O2. The lowest BCUT2D eigenvalue weighted by molar-refractivity contribution is -0.122. The van der Waals surface area contributed by atoms with Crippen molar-refractivity contribution in [3.05, 3.63) is 35.5 Å². The summed E-state index contributed by atoms with van der Waals surface area (Å²) in [4.78, 5) is 23.9. The van der Waals surface area contributed by atoms with E-state index in [0.717, 1.165) is 29.3 Å². The number of rotatable bonds is 4. The minimum Gasteiger partial charge on any atom is -0.352 e. The van der Waals surface area contributed by atoms with Gasteiger partial charge in [0.05, 0.1) is 0 Å². The van der Waals surface area contributed by atoms with Crippen LogP contribution in [0, 0.1) is 12.8 Å². The number of nitrogens with one attached hydrogen (secondary N) is 1. The highest BCUT2D eigenvalue weighted by molar-refractivity contribution is 5.99. The summed E-state index contributed by atoms with van der Waals surface area (Å²) in [7, 11) is 0. The van der Waals surface area contributed by atoms with Crippen molar-refractivity contribution >= 4 is 23.1 Å². The fourth-order valence-corrected chi connectivity index (χ4v) is 3.74. The molecule has 1 saturated carbocycles. The van der Waals surface area contributed by atoms with Crippen LogP contribution in [0.1, 0.15) is 48.7 Å². The molecule has 2 aromatic rings. The highest BCUT2D eigenvalue weighted by Gasteiger charge is 2.23. The molecule has 0 radical (unpaired) electrons. The highest BCUT2D eigenvalue weighted by atomic mass is 16.2. The Morgan fingerprint density at radius 3 is 2.78 bits per heavy atom. The number of aldehydes is 1. The smallest absolute Gasteiger partial charge is 0.240 e. The minimum absolute atomic E-state index is 0.0325. The van der Waals surface area contributed by atoms with Crippen molar-refractivity contribution in [3.63, 3.8) is 0 Å². The van der Waals surface area contributed by atoms with Crippen LogP contribution in [0.2, 0.25) is 0 Å². The van der Waals surface area contributed by atoms with Crippen LogP contribution in [-0.4, -0.2) is 22.8 Å². The molecule has 0 spiro atoms. The van der Waals surface area contributed by atoms with Crippen molar-refractivity contribution in [2.45, 2.75) is 52.1 Å². The molecule has 1 aromatic heterocycles. The number of benzene rings is 1. The Kier molecular flexibility index (Phi) is 4.51. The van der Waals surface area contributed by atoms with E-state index in [-0.39, 0.29) is 18.5 Å². The van der Waals surface area contributed by atoms with Gasteiger partial charge < -0.3 is 9.88 Å². The first kappa shape index (κ1) is 15.8. The fraction of sp³-hybridized carbons (Fsp3) is 0.474. The van der Waals surface area contributed by atoms with E-state index >= 15 is 0 Å². The SMILES string of the molecule is Cc1c(C=O)c2ccccc2n1CC(=O)NC1CCCCC1C. The zero-order valence-corrected chi connectivity index (χ0v) is 13.8. The summed E-state index contributed by atoms with van der Waals surface area (Å²) in [5.41, 5.74) is 2.48. The van der Waals surface area contributed by atoms with Crippen LogP contribution in [-0.2, 0) is 11.3 Å². The molecule has 0 bridgehead atoms. The van der Waals surface area contributed by atoms with E-state index in [4.69, 9.17) is 0 Å². The summed E-state index contributed by atoms with van der Waals surface area (Å²) in [5, 5.41) is 4.10. The standard InChI is InChI=1S/C19H24N2O2/c1-13-7-3-5-9-17(13)20-19(23)11-21-14(2)16(12-22)15-8-4-6-10-18(15)21/h4,6,8,10,12-13,17H,3,5,7,9,11H2,1-2H3,(H,20,23). The summed E-state index contributed by atoms with van der Waals surface area (Å²) in [6, 6.07) is 8.04. The third kappa shape index (κ3) is 3.03. The fourth-order valence-electron chi connectivity index (χ4n) is 3.74. The first-order valence-electron chi connectivity index (χ1n) is 8.44. The number of para-hydroxylation sites is 1. The van der Waals surface area contributed by atoms with Gasteiger partial charge in [-0.15, -0.1) is 0 Å². The van der Waals surface area contributed by atoms with E-state index in [1.165, 1.54) is 19.3 Å². The molecule has 23 heavy (non-hydrogen) atoms. The first-order chi connectivity index (χ1) is 11.1. The minimum atomic E-state index is 0.0325. The second kappa shape index (κ2) is 6.57. The Balaban J connectivity index is 1.82. The number of carbonyl (C=O) groups excluding carboxylic acids is 2. The topological polar surface area (TPSA) is 51.1 Å². The molecule has 1 amide bonds. The molecule has 3 rings (SSSR count). The number of hydrogen-bond acceptors (Lipinski definition) is 2. The summed E-state index contributed by atoms with van der Waals surface area (Å²) in [6.07, 6.45) is 5.59. The van der Waals surface area contributed by atoms with Crippen LogP contribution < -0.4 is 5.32 Å². The number of aromatic nitrogens is 1. The highest BCUT2D eigenvalue weighted by Crippen LogP contribution is 2.25. The van der Waals surface area contributed by atoms with Crippen molar-refractivity contribution in [2.75, 3.05) is 0 Å². The predicted molar refractivity (Wildman–Crippen MR) is 91.6 cm³/mol. The van der Waals surface area contributed by atoms with Crippen LogP contribution in [0.3, 0.4) is 0 Å². The van der Waals surface area contributed by atoms with E-state index in [0.29, 0.717) is 11.5 Å². The van der Waals surface area contributed by atoms with Gasteiger partial charge in [0.2, 0.25) is 5.91 Å². The molecule has 1 fully saturated rings. The van der Waals surface area contributed by atoms with Gasteiger partial charge in [-0.1, -0.05) is 38.0 Å². The molecule has 0 aliphatic heterocycles. The van der Waals surface area contributed by atoms with E-state index in [1.807, 2.05) is 35.8 Å².